The molecule has 1 heterocycles. The molecule has 1 saturated heterocycles. The van der Waals surface area contributed by atoms with Gasteiger partial charge in [-0.3, -0.25) is 4.90 Å². The molecule has 0 saturated carbocycles. The summed E-state index contributed by atoms with van der Waals surface area (Å²) in [5.74, 6) is 0. The molecule has 2 nitrogen and oxygen atoms in total. The standard InChI is InChI=1S/C9H15Cl2NO/c10-9(11)6-8(7-13)12-4-2-1-3-5-12/h6,8,13H,1-5,7H2. The highest BCUT2D eigenvalue weighted by Crippen LogP contribution is 2.16. The van der Waals surface area contributed by atoms with E-state index in [9.17, 15) is 0 Å². The molecule has 1 aliphatic heterocycles. The van der Waals surface area contributed by atoms with Gasteiger partial charge in [0.2, 0.25) is 0 Å². The Morgan fingerprint density at radius 3 is 2.38 bits per heavy atom. The van der Waals surface area contributed by atoms with Crippen LogP contribution < -0.4 is 0 Å². The number of piperidine rings is 1. The van der Waals surface area contributed by atoms with Crippen LogP contribution in [0.15, 0.2) is 10.6 Å². The average Bonchev–Trinajstić information content (AvgIpc) is 2.15. The molecule has 1 aliphatic rings. The largest absolute Gasteiger partial charge is 0.394 e. The van der Waals surface area contributed by atoms with Gasteiger partial charge in [-0.15, -0.1) is 0 Å². The lowest BCUT2D eigenvalue weighted by molar-refractivity contribution is 0.131. The molecular weight excluding hydrogens is 209 g/mol. The Kier molecular flexibility index (Phi) is 5.10. The van der Waals surface area contributed by atoms with Crippen LogP contribution in [0.3, 0.4) is 0 Å². The molecule has 0 radical (unpaired) electrons. The third kappa shape index (κ3) is 3.86. The van der Waals surface area contributed by atoms with Gasteiger partial charge in [0.1, 0.15) is 4.49 Å². The maximum Gasteiger partial charge on any atom is 0.104 e. The number of hydrogen-bond acceptors (Lipinski definition) is 2. The van der Waals surface area contributed by atoms with Crippen LogP contribution in [-0.4, -0.2) is 35.7 Å². The smallest absolute Gasteiger partial charge is 0.104 e. The van der Waals surface area contributed by atoms with Crippen molar-refractivity contribution >= 4 is 23.2 Å². The van der Waals surface area contributed by atoms with Gasteiger partial charge in [-0.1, -0.05) is 29.6 Å². The van der Waals surface area contributed by atoms with Crippen molar-refractivity contribution in [2.24, 2.45) is 0 Å². The normalized spacial score (nSPS) is 21.2. The molecule has 0 aromatic rings. The molecule has 0 spiro atoms. The first-order valence-corrected chi connectivity index (χ1v) is 5.37. The number of halogens is 2. The van der Waals surface area contributed by atoms with Crippen LogP contribution >= 0.6 is 23.2 Å². The summed E-state index contributed by atoms with van der Waals surface area (Å²) in [6, 6.07) is -0.00898. The second kappa shape index (κ2) is 5.86. The van der Waals surface area contributed by atoms with Gasteiger partial charge in [-0.2, -0.15) is 0 Å². The van der Waals surface area contributed by atoms with Gasteiger partial charge in [0.25, 0.3) is 0 Å². The van der Waals surface area contributed by atoms with Crippen molar-refractivity contribution in [1.82, 2.24) is 4.90 Å². The lowest BCUT2D eigenvalue weighted by Crippen LogP contribution is -2.40. The van der Waals surface area contributed by atoms with Gasteiger partial charge >= 0.3 is 0 Å². The van der Waals surface area contributed by atoms with Crippen LogP contribution in [-0.2, 0) is 0 Å². The summed E-state index contributed by atoms with van der Waals surface area (Å²) in [6.45, 7) is 2.15. The molecule has 13 heavy (non-hydrogen) atoms. The zero-order valence-electron chi connectivity index (χ0n) is 7.55. The maximum atomic E-state index is 9.12. The van der Waals surface area contributed by atoms with E-state index in [1.807, 2.05) is 0 Å². The number of rotatable bonds is 3. The highest BCUT2D eigenvalue weighted by molar-refractivity contribution is 6.55. The van der Waals surface area contributed by atoms with Gasteiger partial charge < -0.3 is 5.11 Å². The van der Waals surface area contributed by atoms with Crippen LogP contribution in [0.5, 0.6) is 0 Å². The molecule has 1 N–H and O–H groups in total. The van der Waals surface area contributed by atoms with E-state index in [0.29, 0.717) is 0 Å². The monoisotopic (exact) mass is 223 g/mol. The van der Waals surface area contributed by atoms with Gasteiger partial charge in [0.05, 0.1) is 12.6 Å². The molecular formula is C9H15Cl2NO. The van der Waals surface area contributed by atoms with Gasteiger partial charge in [0.15, 0.2) is 0 Å². The van der Waals surface area contributed by atoms with Crippen molar-refractivity contribution in [2.75, 3.05) is 19.7 Å². The number of nitrogens with zero attached hydrogens (tertiary/aromatic N) is 1. The second-order valence-electron chi connectivity index (χ2n) is 3.30. The van der Waals surface area contributed by atoms with E-state index in [1.165, 1.54) is 19.3 Å². The quantitative estimate of drug-likeness (QED) is 0.793. The fourth-order valence-corrected chi connectivity index (χ4v) is 1.96. The molecule has 0 bridgehead atoms. The van der Waals surface area contributed by atoms with E-state index >= 15 is 0 Å². The summed E-state index contributed by atoms with van der Waals surface area (Å²) in [5.41, 5.74) is 0. The van der Waals surface area contributed by atoms with Crippen LogP contribution in [0.2, 0.25) is 0 Å². The van der Waals surface area contributed by atoms with Crippen molar-refractivity contribution in [1.29, 1.82) is 0 Å². The minimum absolute atomic E-state index is 0.00898. The van der Waals surface area contributed by atoms with Crippen molar-refractivity contribution in [2.45, 2.75) is 25.3 Å². The molecule has 1 rings (SSSR count). The SMILES string of the molecule is OCC(C=C(Cl)Cl)N1CCCCC1. The van der Waals surface area contributed by atoms with Crippen LogP contribution in [0.1, 0.15) is 19.3 Å². The molecule has 0 amide bonds. The topological polar surface area (TPSA) is 23.5 Å². The summed E-state index contributed by atoms with van der Waals surface area (Å²) < 4.78 is 0.240. The first-order chi connectivity index (χ1) is 6.24. The molecule has 4 heteroatoms. The molecule has 76 valence electrons. The third-order valence-corrected chi connectivity index (χ3v) is 2.62. The molecule has 0 aromatic carbocycles. The Morgan fingerprint density at radius 1 is 1.31 bits per heavy atom. The van der Waals surface area contributed by atoms with Gasteiger partial charge in [-0.05, 0) is 32.0 Å². The Hall–Kier alpha value is 0.240. The predicted octanol–water partition coefficient (Wildman–Crippen LogP) is 2.15. The van der Waals surface area contributed by atoms with Crippen molar-refractivity contribution < 1.29 is 5.11 Å². The zero-order valence-corrected chi connectivity index (χ0v) is 9.06. The number of hydrogen-bond donors (Lipinski definition) is 1. The Labute approximate surface area is 89.1 Å². The van der Waals surface area contributed by atoms with E-state index in [0.717, 1.165) is 13.1 Å². The number of aliphatic hydroxyl groups excluding tert-OH is 1. The second-order valence-corrected chi connectivity index (χ2v) is 4.31. The van der Waals surface area contributed by atoms with Gasteiger partial charge in [0, 0.05) is 0 Å². The highest BCUT2D eigenvalue weighted by atomic mass is 35.5. The summed E-state index contributed by atoms with van der Waals surface area (Å²) in [7, 11) is 0. The van der Waals surface area contributed by atoms with Crippen LogP contribution in [0.25, 0.3) is 0 Å². The van der Waals surface area contributed by atoms with Gasteiger partial charge in [-0.25, -0.2) is 0 Å². The lowest BCUT2D eigenvalue weighted by atomic mass is 10.1. The van der Waals surface area contributed by atoms with E-state index in [2.05, 4.69) is 4.90 Å². The fraction of sp³-hybridized carbons (Fsp3) is 0.778. The van der Waals surface area contributed by atoms with E-state index in [4.69, 9.17) is 28.3 Å². The van der Waals surface area contributed by atoms with Crippen molar-refractivity contribution in [3.8, 4) is 0 Å². The van der Waals surface area contributed by atoms with Crippen molar-refractivity contribution in [3.05, 3.63) is 10.6 Å². The first-order valence-electron chi connectivity index (χ1n) is 4.62. The fourth-order valence-electron chi connectivity index (χ4n) is 1.67. The van der Waals surface area contributed by atoms with E-state index in [-0.39, 0.29) is 17.1 Å². The number of likely N-dealkylation sites (tertiary alicyclic amines) is 1. The van der Waals surface area contributed by atoms with Crippen molar-refractivity contribution in [3.63, 3.8) is 0 Å². The maximum absolute atomic E-state index is 9.12. The summed E-state index contributed by atoms with van der Waals surface area (Å²) in [5, 5.41) is 9.12. The third-order valence-electron chi connectivity index (χ3n) is 2.37. The summed E-state index contributed by atoms with van der Waals surface area (Å²) >= 11 is 11.1. The zero-order chi connectivity index (χ0) is 9.68. The lowest BCUT2D eigenvalue weighted by Gasteiger charge is -2.31. The molecule has 1 fully saturated rings. The predicted molar refractivity (Wildman–Crippen MR) is 56.1 cm³/mol. The van der Waals surface area contributed by atoms with E-state index in [1.54, 1.807) is 6.08 Å². The summed E-state index contributed by atoms with van der Waals surface area (Å²) in [6.07, 6.45) is 5.38. The molecule has 1 atom stereocenters. The Morgan fingerprint density at radius 2 is 1.92 bits per heavy atom. The molecule has 1 unspecified atom stereocenters. The molecule has 0 aromatic heterocycles. The Balaban J connectivity index is 2.49. The minimum atomic E-state index is -0.00898. The van der Waals surface area contributed by atoms with Crippen LogP contribution in [0, 0.1) is 0 Å². The first kappa shape index (κ1) is 11.3. The Bertz CT molecular complexity index is 174. The average molecular weight is 224 g/mol. The molecule has 0 aliphatic carbocycles. The van der Waals surface area contributed by atoms with Crippen LogP contribution in [0.4, 0.5) is 0 Å². The number of aliphatic hydroxyl groups is 1. The minimum Gasteiger partial charge on any atom is -0.394 e. The highest BCUT2D eigenvalue weighted by Gasteiger charge is 2.17. The van der Waals surface area contributed by atoms with E-state index < -0.39 is 0 Å². The summed E-state index contributed by atoms with van der Waals surface area (Å²) in [4.78, 5) is 2.22.